The zero-order chi connectivity index (χ0) is 15.6. The third-order valence-corrected chi connectivity index (χ3v) is 5.15. The number of likely N-dealkylation sites (tertiary alicyclic amines) is 1. The minimum atomic E-state index is -0.0735. The highest BCUT2D eigenvalue weighted by Gasteiger charge is 2.33. The molecule has 4 rings (SSSR count). The third kappa shape index (κ3) is 2.68. The predicted octanol–water partition coefficient (Wildman–Crippen LogP) is 4.38. The largest absolute Gasteiger partial charge is 0.350 e. The highest BCUT2D eigenvalue weighted by molar-refractivity contribution is 7.10. The van der Waals surface area contributed by atoms with Gasteiger partial charge in [-0.2, -0.15) is 0 Å². The van der Waals surface area contributed by atoms with Crippen LogP contribution in [-0.4, -0.2) is 22.5 Å². The second kappa shape index (κ2) is 6.01. The lowest BCUT2D eigenvalue weighted by Crippen LogP contribution is -2.29. The molecule has 0 radical (unpaired) electrons. The van der Waals surface area contributed by atoms with Gasteiger partial charge in [0.1, 0.15) is 5.69 Å². The van der Waals surface area contributed by atoms with Gasteiger partial charge in [-0.05, 0) is 24.3 Å². The first-order valence-corrected chi connectivity index (χ1v) is 8.57. The van der Waals surface area contributed by atoms with Crippen molar-refractivity contribution in [3.05, 3.63) is 64.5 Å². The van der Waals surface area contributed by atoms with Gasteiger partial charge in [-0.15, -0.1) is 11.3 Å². The van der Waals surface area contributed by atoms with E-state index in [0.717, 1.165) is 24.9 Å². The summed E-state index contributed by atoms with van der Waals surface area (Å²) in [6, 6.07) is 15.8. The Kier molecular flexibility index (Phi) is 3.71. The van der Waals surface area contributed by atoms with Gasteiger partial charge >= 0.3 is 0 Å². The summed E-state index contributed by atoms with van der Waals surface area (Å²) in [4.78, 5) is 15.9. The summed E-state index contributed by atoms with van der Waals surface area (Å²) >= 11 is 1.70. The van der Waals surface area contributed by atoms with E-state index < -0.39 is 0 Å². The van der Waals surface area contributed by atoms with Crippen LogP contribution in [-0.2, 0) is 0 Å². The molecule has 5 heteroatoms. The fourth-order valence-corrected chi connectivity index (χ4v) is 3.92. The molecule has 4 nitrogen and oxygen atoms in total. The van der Waals surface area contributed by atoms with E-state index in [2.05, 4.69) is 16.6 Å². The normalized spacial score (nSPS) is 17.6. The monoisotopic (exact) mass is 324 g/mol. The molecule has 1 aromatic carbocycles. The maximum absolute atomic E-state index is 12.8. The predicted molar refractivity (Wildman–Crippen MR) is 89.3 cm³/mol. The molecule has 3 heterocycles. The Morgan fingerprint density at radius 1 is 1.22 bits per heavy atom. The first kappa shape index (κ1) is 14.2. The van der Waals surface area contributed by atoms with Crippen LogP contribution in [0.1, 0.15) is 34.3 Å². The molecule has 1 fully saturated rings. The van der Waals surface area contributed by atoms with Crippen LogP contribution in [0.4, 0.5) is 0 Å². The number of aromatic nitrogens is 1. The molecule has 0 spiro atoms. The van der Waals surface area contributed by atoms with Gasteiger partial charge in [-0.1, -0.05) is 41.6 Å². The highest BCUT2D eigenvalue weighted by atomic mass is 32.1. The lowest BCUT2D eigenvalue weighted by atomic mass is 10.1. The Hall–Kier alpha value is -2.40. The van der Waals surface area contributed by atoms with Gasteiger partial charge in [0, 0.05) is 23.1 Å². The summed E-state index contributed by atoms with van der Waals surface area (Å²) in [5.41, 5.74) is 1.65. The Morgan fingerprint density at radius 3 is 2.87 bits per heavy atom. The van der Waals surface area contributed by atoms with Gasteiger partial charge in [0.2, 0.25) is 5.76 Å². The lowest BCUT2D eigenvalue weighted by molar-refractivity contribution is 0.0695. The molecule has 1 amide bonds. The van der Waals surface area contributed by atoms with E-state index in [1.807, 2.05) is 41.3 Å². The average molecular weight is 324 g/mol. The highest BCUT2D eigenvalue weighted by Crippen LogP contribution is 2.35. The van der Waals surface area contributed by atoms with E-state index >= 15 is 0 Å². The molecule has 0 aliphatic carbocycles. The number of rotatable bonds is 3. The van der Waals surface area contributed by atoms with Crippen LogP contribution in [0.5, 0.6) is 0 Å². The molecular formula is C18H16N2O2S. The van der Waals surface area contributed by atoms with Gasteiger partial charge in [-0.3, -0.25) is 4.79 Å². The van der Waals surface area contributed by atoms with E-state index in [1.165, 1.54) is 4.88 Å². The molecule has 1 aliphatic heterocycles. The van der Waals surface area contributed by atoms with Crippen molar-refractivity contribution in [3.8, 4) is 11.3 Å². The average Bonchev–Trinajstić information content (AvgIpc) is 3.34. The summed E-state index contributed by atoms with van der Waals surface area (Å²) in [6.07, 6.45) is 2.03. The SMILES string of the molecule is O=C(c1cc(-c2ccccc2)no1)N1CCCC1c1cccs1. The van der Waals surface area contributed by atoms with Crippen LogP contribution in [0.3, 0.4) is 0 Å². The molecule has 2 aromatic heterocycles. The minimum absolute atomic E-state index is 0.0735. The second-order valence-corrected chi connectivity index (χ2v) is 6.59. The summed E-state index contributed by atoms with van der Waals surface area (Å²) in [5, 5.41) is 6.10. The molecule has 1 saturated heterocycles. The van der Waals surface area contributed by atoms with Gasteiger partial charge < -0.3 is 9.42 Å². The first-order valence-electron chi connectivity index (χ1n) is 7.69. The Labute approximate surface area is 138 Å². The quantitative estimate of drug-likeness (QED) is 0.718. The zero-order valence-corrected chi connectivity index (χ0v) is 13.3. The maximum Gasteiger partial charge on any atom is 0.293 e. The second-order valence-electron chi connectivity index (χ2n) is 5.61. The van der Waals surface area contributed by atoms with Crippen molar-refractivity contribution in [2.24, 2.45) is 0 Å². The molecule has 1 aliphatic rings. The number of nitrogens with zero attached hydrogens (tertiary/aromatic N) is 2. The molecule has 23 heavy (non-hydrogen) atoms. The number of hydrogen-bond acceptors (Lipinski definition) is 4. The molecular weight excluding hydrogens is 308 g/mol. The number of hydrogen-bond donors (Lipinski definition) is 0. The van der Waals surface area contributed by atoms with Crippen molar-refractivity contribution in [1.29, 1.82) is 0 Å². The summed E-state index contributed by atoms with van der Waals surface area (Å²) in [5.74, 6) is 0.239. The Bertz CT molecular complexity index is 796. The lowest BCUT2D eigenvalue weighted by Gasteiger charge is -2.22. The van der Waals surface area contributed by atoms with Crippen molar-refractivity contribution < 1.29 is 9.32 Å². The zero-order valence-electron chi connectivity index (χ0n) is 12.5. The number of thiophene rings is 1. The molecule has 116 valence electrons. The van der Waals surface area contributed by atoms with Gasteiger partial charge in [-0.25, -0.2) is 0 Å². The smallest absolute Gasteiger partial charge is 0.293 e. The Morgan fingerprint density at radius 2 is 2.09 bits per heavy atom. The Balaban J connectivity index is 1.59. The van der Waals surface area contributed by atoms with Crippen molar-refractivity contribution in [2.75, 3.05) is 6.54 Å². The molecule has 1 unspecified atom stereocenters. The summed E-state index contributed by atoms with van der Waals surface area (Å²) in [6.45, 7) is 0.767. The van der Waals surface area contributed by atoms with E-state index in [1.54, 1.807) is 17.4 Å². The van der Waals surface area contributed by atoms with Crippen molar-refractivity contribution in [3.63, 3.8) is 0 Å². The van der Waals surface area contributed by atoms with Crippen LogP contribution >= 0.6 is 11.3 Å². The number of carbonyl (C=O) groups excluding carboxylic acids is 1. The number of amides is 1. The van der Waals surface area contributed by atoms with E-state index in [9.17, 15) is 4.79 Å². The number of carbonyl (C=O) groups is 1. The third-order valence-electron chi connectivity index (χ3n) is 4.18. The molecule has 0 N–H and O–H groups in total. The van der Waals surface area contributed by atoms with Crippen molar-refractivity contribution in [1.82, 2.24) is 10.1 Å². The molecule has 0 bridgehead atoms. The van der Waals surface area contributed by atoms with E-state index in [0.29, 0.717) is 11.5 Å². The molecule has 1 atom stereocenters. The van der Waals surface area contributed by atoms with Crippen molar-refractivity contribution in [2.45, 2.75) is 18.9 Å². The van der Waals surface area contributed by atoms with Gasteiger partial charge in [0.25, 0.3) is 5.91 Å². The van der Waals surface area contributed by atoms with Gasteiger partial charge in [0.05, 0.1) is 6.04 Å². The standard InChI is InChI=1S/C18H16N2O2S/c21-18(20-10-4-8-15(20)17-9-5-11-23-17)16-12-14(19-22-16)13-6-2-1-3-7-13/h1-3,5-7,9,11-12,15H,4,8,10H2. The number of benzene rings is 1. The molecule has 0 saturated carbocycles. The fourth-order valence-electron chi connectivity index (χ4n) is 3.05. The van der Waals surface area contributed by atoms with Crippen LogP contribution in [0.15, 0.2) is 58.4 Å². The van der Waals surface area contributed by atoms with Gasteiger partial charge in [0.15, 0.2) is 0 Å². The van der Waals surface area contributed by atoms with Crippen LogP contribution in [0.2, 0.25) is 0 Å². The maximum atomic E-state index is 12.8. The van der Waals surface area contributed by atoms with Crippen LogP contribution in [0.25, 0.3) is 11.3 Å². The molecule has 3 aromatic rings. The summed E-state index contributed by atoms with van der Waals surface area (Å²) < 4.78 is 5.32. The van der Waals surface area contributed by atoms with E-state index in [-0.39, 0.29) is 11.9 Å². The van der Waals surface area contributed by atoms with Crippen LogP contribution in [0, 0.1) is 0 Å². The van der Waals surface area contributed by atoms with Crippen molar-refractivity contribution >= 4 is 17.2 Å². The minimum Gasteiger partial charge on any atom is -0.350 e. The summed E-state index contributed by atoms with van der Waals surface area (Å²) in [7, 11) is 0. The fraction of sp³-hybridized carbons (Fsp3) is 0.222. The van der Waals surface area contributed by atoms with E-state index in [4.69, 9.17) is 4.52 Å². The first-order chi connectivity index (χ1) is 11.3. The topological polar surface area (TPSA) is 46.3 Å². The van der Waals surface area contributed by atoms with Crippen LogP contribution < -0.4 is 0 Å².